The number of anilines is 1. The normalized spacial score (nSPS) is 10.7. The molecule has 0 bridgehead atoms. The number of thioether (sulfide) groups is 1. The van der Waals surface area contributed by atoms with E-state index < -0.39 is 5.82 Å². The first kappa shape index (κ1) is 22.3. The quantitative estimate of drug-likeness (QED) is 0.373. The van der Waals surface area contributed by atoms with Crippen molar-refractivity contribution in [1.29, 1.82) is 0 Å². The fourth-order valence-electron chi connectivity index (χ4n) is 3.09. The third-order valence-electron chi connectivity index (χ3n) is 4.82. The Morgan fingerprint density at radius 2 is 1.97 bits per heavy atom. The van der Waals surface area contributed by atoms with Crippen molar-refractivity contribution in [2.75, 3.05) is 11.1 Å². The number of rotatable bonds is 8. The molecular weight excluding hydrogens is 443 g/mol. The van der Waals surface area contributed by atoms with Crippen LogP contribution in [0.4, 0.5) is 10.1 Å². The van der Waals surface area contributed by atoms with Gasteiger partial charge in [0.1, 0.15) is 11.6 Å². The minimum absolute atomic E-state index is 0.111. The zero-order valence-electron chi connectivity index (χ0n) is 17.7. The zero-order chi connectivity index (χ0) is 23.2. The number of carbonyl (C=O) groups excluding carboxylic acids is 2. The van der Waals surface area contributed by atoms with Gasteiger partial charge in [-0.2, -0.15) is 0 Å². The van der Waals surface area contributed by atoms with Crippen molar-refractivity contribution in [2.24, 2.45) is 0 Å². The van der Waals surface area contributed by atoms with Crippen LogP contribution in [0.2, 0.25) is 0 Å². The Bertz CT molecular complexity index is 1250. The van der Waals surface area contributed by atoms with Crippen molar-refractivity contribution in [3.05, 3.63) is 96.0 Å². The van der Waals surface area contributed by atoms with Gasteiger partial charge in [-0.05, 0) is 61.0 Å². The van der Waals surface area contributed by atoms with Gasteiger partial charge in [-0.3, -0.25) is 14.2 Å². The summed E-state index contributed by atoms with van der Waals surface area (Å²) in [5, 5.41) is 6.15. The second-order valence-corrected chi connectivity index (χ2v) is 8.13. The van der Waals surface area contributed by atoms with Gasteiger partial charge in [0, 0.05) is 29.3 Å². The fraction of sp³-hybridized carbons (Fsp3) is 0.125. The Labute approximate surface area is 194 Å². The van der Waals surface area contributed by atoms with Gasteiger partial charge in [-0.25, -0.2) is 9.37 Å². The Kier molecular flexibility index (Phi) is 6.89. The van der Waals surface area contributed by atoms with E-state index in [2.05, 4.69) is 15.6 Å². The van der Waals surface area contributed by atoms with Crippen LogP contribution in [0.15, 0.2) is 82.8 Å². The van der Waals surface area contributed by atoms with Gasteiger partial charge >= 0.3 is 0 Å². The molecule has 9 heteroatoms. The lowest BCUT2D eigenvalue weighted by molar-refractivity contribution is -0.113. The number of furan rings is 1. The van der Waals surface area contributed by atoms with E-state index in [1.54, 1.807) is 55.9 Å². The van der Waals surface area contributed by atoms with Gasteiger partial charge in [-0.15, -0.1) is 0 Å². The number of aryl methyl sites for hydroxylation is 1. The molecule has 4 aromatic rings. The average molecular weight is 465 g/mol. The Morgan fingerprint density at radius 1 is 1.15 bits per heavy atom. The third kappa shape index (κ3) is 5.69. The molecule has 2 N–H and O–H groups in total. The summed E-state index contributed by atoms with van der Waals surface area (Å²) in [6, 6.07) is 14.9. The molecule has 0 saturated heterocycles. The van der Waals surface area contributed by atoms with Crippen molar-refractivity contribution >= 4 is 29.3 Å². The highest BCUT2D eigenvalue weighted by atomic mass is 32.2. The van der Waals surface area contributed by atoms with Gasteiger partial charge in [-0.1, -0.05) is 17.8 Å². The van der Waals surface area contributed by atoms with E-state index in [0.29, 0.717) is 28.7 Å². The maximum Gasteiger partial charge on any atom is 0.251 e. The average Bonchev–Trinajstić information content (AvgIpc) is 3.51. The summed E-state index contributed by atoms with van der Waals surface area (Å²) in [5.41, 5.74) is 2.55. The Morgan fingerprint density at radius 3 is 2.73 bits per heavy atom. The third-order valence-corrected chi connectivity index (χ3v) is 5.79. The number of imidazole rings is 1. The van der Waals surface area contributed by atoms with E-state index in [1.165, 1.54) is 23.9 Å². The van der Waals surface area contributed by atoms with Crippen LogP contribution in [0.1, 0.15) is 21.7 Å². The van der Waals surface area contributed by atoms with Crippen molar-refractivity contribution < 1.29 is 18.4 Å². The second-order valence-electron chi connectivity index (χ2n) is 7.18. The number of amides is 2. The van der Waals surface area contributed by atoms with E-state index in [4.69, 9.17) is 4.42 Å². The molecule has 33 heavy (non-hydrogen) atoms. The molecule has 0 atom stereocenters. The smallest absolute Gasteiger partial charge is 0.251 e. The highest BCUT2D eigenvalue weighted by molar-refractivity contribution is 7.99. The van der Waals surface area contributed by atoms with Gasteiger partial charge in [0.05, 0.1) is 18.6 Å². The van der Waals surface area contributed by atoms with Gasteiger partial charge in [0.25, 0.3) is 5.91 Å². The standard InChI is InChI=1S/C24H21FN4O3S/c1-16-4-7-18(25)13-21(16)28-22(30)15-33-24-26-10-11-29(24)19-8-5-17(6-9-19)23(31)27-14-20-3-2-12-32-20/h2-13H,14-15H2,1H3,(H,27,31)(H,28,30). The molecule has 2 amide bonds. The molecule has 0 fully saturated rings. The number of aromatic nitrogens is 2. The number of carbonyl (C=O) groups is 2. The highest BCUT2D eigenvalue weighted by Gasteiger charge is 2.12. The SMILES string of the molecule is Cc1ccc(F)cc1NC(=O)CSc1nccn1-c1ccc(C(=O)NCc2ccco2)cc1. The number of halogens is 1. The summed E-state index contributed by atoms with van der Waals surface area (Å²) < 4.78 is 20.5. The molecule has 2 heterocycles. The van der Waals surface area contributed by atoms with Crippen LogP contribution in [-0.2, 0) is 11.3 Å². The summed E-state index contributed by atoms with van der Waals surface area (Å²) in [5.74, 6) is -0.0802. The van der Waals surface area contributed by atoms with E-state index in [-0.39, 0.29) is 17.6 Å². The minimum atomic E-state index is -0.405. The maximum absolute atomic E-state index is 13.4. The molecule has 2 aromatic carbocycles. The first-order chi connectivity index (χ1) is 16.0. The van der Waals surface area contributed by atoms with Crippen LogP contribution in [-0.4, -0.2) is 27.1 Å². The molecule has 0 aliphatic heterocycles. The molecule has 0 aliphatic carbocycles. The van der Waals surface area contributed by atoms with E-state index in [9.17, 15) is 14.0 Å². The molecular formula is C24H21FN4O3S. The van der Waals surface area contributed by atoms with Crippen LogP contribution in [0.25, 0.3) is 5.69 Å². The molecule has 0 unspecified atom stereocenters. The van der Waals surface area contributed by atoms with Gasteiger partial charge in [0.15, 0.2) is 5.16 Å². The number of nitrogens with one attached hydrogen (secondary N) is 2. The molecule has 168 valence electrons. The van der Waals surface area contributed by atoms with E-state index in [1.807, 2.05) is 16.7 Å². The van der Waals surface area contributed by atoms with Crippen molar-refractivity contribution in [3.63, 3.8) is 0 Å². The predicted octanol–water partition coefficient (Wildman–Crippen LogP) is 4.57. The monoisotopic (exact) mass is 464 g/mol. The maximum atomic E-state index is 13.4. The Hall–Kier alpha value is -3.85. The fourth-order valence-corrected chi connectivity index (χ4v) is 3.87. The lowest BCUT2D eigenvalue weighted by Crippen LogP contribution is -2.22. The van der Waals surface area contributed by atoms with Crippen molar-refractivity contribution in [2.45, 2.75) is 18.6 Å². The molecule has 0 aliphatic rings. The lowest BCUT2D eigenvalue weighted by atomic mass is 10.2. The first-order valence-corrected chi connectivity index (χ1v) is 11.1. The van der Waals surface area contributed by atoms with Crippen LogP contribution < -0.4 is 10.6 Å². The number of nitrogens with zero attached hydrogens (tertiary/aromatic N) is 2. The first-order valence-electron chi connectivity index (χ1n) is 10.1. The van der Waals surface area contributed by atoms with E-state index in [0.717, 1.165) is 11.3 Å². The summed E-state index contributed by atoms with van der Waals surface area (Å²) in [4.78, 5) is 29.0. The summed E-state index contributed by atoms with van der Waals surface area (Å²) in [7, 11) is 0. The van der Waals surface area contributed by atoms with Crippen molar-refractivity contribution in [3.8, 4) is 5.69 Å². The van der Waals surface area contributed by atoms with Crippen LogP contribution >= 0.6 is 11.8 Å². The highest BCUT2D eigenvalue weighted by Crippen LogP contribution is 2.22. The Balaban J connectivity index is 1.36. The van der Waals surface area contributed by atoms with E-state index >= 15 is 0 Å². The molecule has 0 saturated carbocycles. The van der Waals surface area contributed by atoms with Crippen LogP contribution in [0.5, 0.6) is 0 Å². The molecule has 4 rings (SSSR count). The van der Waals surface area contributed by atoms with Crippen LogP contribution in [0, 0.1) is 12.7 Å². The number of hydrogen-bond donors (Lipinski definition) is 2. The largest absolute Gasteiger partial charge is 0.467 e. The lowest BCUT2D eigenvalue weighted by Gasteiger charge is -2.10. The predicted molar refractivity (Wildman–Crippen MR) is 124 cm³/mol. The number of hydrogen-bond acceptors (Lipinski definition) is 5. The summed E-state index contributed by atoms with van der Waals surface area (Å²) in [6.07, 6.45) is 4.98. The van der Waals surface area contributed by atoms with Crippen LogP contribution in [0.3, 0.4) is 0 Å². The molecule has 7 nitrogen and oxygen atoms in total. The second kappa shape index (κ2) is 10.2. The summed E-state index contributed by atoms with van der Waals surface area (Å²) in [6.45, 7) is 2.11. The molecule has 0 spiro atoms. The topological polar surface area (TPSA) is 89.2 Å². The summed E-state index contributed by atoms with van der Waals surface area (Å²) >= 11 is 1.26. The zero-order valence-corrected chi connectivity index (χ0v) is 18.6. The molecule has 2 aromatic heterocycles. The minimum Gasteiger partial charge on any atom is -0.467 e. The molecule has 0 radical (unpaired) electrons. The number of benzene rings is 2. The van der Waals surface area contributed by atoms with Gasteiger partial charge < -0.3 is 15.1 Å². The van der Waals surface area contributed by atoms with Gasteiger partial charge in [0.2, 0.25) is 5.91 Å². The van der Waals surface area contributed by atoms with Crippen molar-refractivity contribution in [1.82, 2.24) is 14.9 Å².